The number of nitrogens with zero attached hydrogens (tertiary/aromatic N) is 4. The van der Waals surface area contributed by atoms with Gasteiger partial charge in [-0.3, -0.25) is 9.69 Å². The summed E-state index contributed by atoms with van der Waals surface area (Å²) in [7, 11) is 1.58. The van der Waals surface area contributed by atoms with Crippen LogP contribution in [0.5, 0.6) is 5.88 Å². The van der Waals surface area contributed by atoms with Crippen LogP contribution in [0.25, 0.3) is 0 Å². The molecular weight excluding hydrogens is 312 g/mol. The molecule has 1 fully saturated rings. The fourth-order valence-corrected chi connectivity index (χ4v) is 3.35. The lowest BCUT2D eigenvalue weighted by Crippen LogP contribution is -2.34. The number of rotatable bonds is 4. The number of hydrogen-bond acceptors (Lipinski definition) is 6. The van der Waals surface area contributed by atoms with Gasteiger partial charge in [-0.1, -0.05) is 6.07 Å². The minimum atomic E-state index is 0.145. The molecule has 0 saturated carbocycles. The molecule has 0 aromatic carbocycles. The van der Waals surface area contributed by atoms with E-state index in [1.165, 1.54) is 11.3 Å². The van der Waals surface area contributed by atoms with Crippen LogP contribution < -0.4 is 4.74 Å². The molecule has 1 amide bonds. The van der Waals surface area contributed by atoms with E-state index in [1.807, 2.05) is 34.5 Å². The Morgan fingerprint density at radius 3 is 2.83 bits per heavy atom. The van der Waals surface area contributed by atoms with Gasteiger partial charge in [-0.25, -0.2) is 0 Å². The number of carbonyl (C=O) groups excluding carboxylic acids is 1. The van der Waals surface area contributed by atoms with E-state index >= 15 is 0 Å². The molecule has 2 aromatic heterocycles. The van der Waals surface area contributed by atoms with Gasteiger partial charge in [0.1, 0.15) is 0 Å². The summed E-state index contributed by atoms with van der Waals surface area (Å²) in [6.45, 7) is 4.12. The molecule has 3 rings (SSSR count). The van der Waals surface area contributed by atoms with Crippen LogP contribution in [-0.4, -0.2) is 59.2 Å². The number of hydrogen-bond donors (Lipinski definition) is 0. The van der Waals surface area contributed by atoms with Crippen molar-refractivity contribution in [3.05, 3.63) is 40.2 Å². The monoisotopic (exact) mass is 332 g/mol. The summed E-state index contributed by atoms with van der Waals surface area (Å²) in [6, 6.07) is 7.57. The van der Waals surface area contributed by atoms with Crippen molar-refractivity contribution in [1.29, 1.82) is 0 Å². The topological polar surface area (TPSA) is 58.6 Å². The van der Waals surface area contributed by atoms with E-state index < -0.39 is 0 Å². The lowest BCUT2D eigenvalue weighted by Gasteiger charge is -2.21. The summed E-state index contributed by atoms with van der Waals surface area (Å²) in [5.41, 5.74) is 0.920. The van der Waals surface area contributed by atoms with Crippen LogP contribution in [0.2, 0.25) is 0 Å². The Labute approximate surface area is 139 Å². The average Bonchev–Trinajstić information content (AvgIpc) is 3.02. The molecular formula is C16H20N4O2S. The van der Waals surface area contributed by atoms with Crippen molar-refractivity contribution in [3.63, 3.8) is 0 Å². The Kier molecular flexibility index (Phi) is 5.19. The minimum Gasteiger partial charge on any atom is -0.480 e. The predicted octanol–water partition coefficient (Wildman–Crippen LogP) is 1.89. The van der Waals surface area contributed by atoms with E-state index in [0.29, 0.717) is 5.88 Å². The summed E-state index contributed by atoms with van der Waals surface area (Å²) in [5, 5.41) is 10.1. The Morgan fingerprint density at radius 1 is 1.22 bits per heavy atom. The highest BCUT2D eigenvalue weighted by molar-refractivity contribution is 7.12. The van der Waals surface area contributed by atoms with Gasteiger partial charge in [0.05, 0.1) is 17.7 Å². The standard InChI is InChI=1S/C16H20N4O2S/c1-22-15-6-5-13(17-18-15)12-19-7-3-8-20(10-9-19)16(21)14-4-2-11-23-14/h2,4-6,11H,3,7-10,12H2,1H3. The fraction of sp³-hybridized carbons (Fsp3) is 0.438. The van der Waals surface area contributed by atoms with Crippen LogP contribution in [0.3, 0.4) is 0 Å². The zero-order valence-corrected chi connectivity index (χ0v) is 14.0. The molecule has 1 aliphatic rings. The second-order valence-corrected chi connectivity index (χ2v) is 6.41. The van der Waals surface area contributed by atoms with Gasteiger partial charge in [0, 0.05) is 38.8 Å². The highest BCUT2D eigenvalue weighted by atomic mass is 32.1. The second kappa shape index (κ2) is 7.52. The molecule has 6 nitrogen and oxygen atoms in total. The zero-order chi connectivity index (χ0) is 16.1. The summed E-state index contributed by atoms with van der Waals surface area (Å²) < 4.78 is 5.02. The third-order valence-corrected chi connectivity index (χ3v) is 4.76. The first-order valence-electron chi connectivity index (χ1n) is 7.68. The largest absolute Gasteiger partial charge is 0.480 e. The molecule has 0 bridgehead atoms. The van der Waals surface area contributed by atoms with Gasteiger partial charge >= 0.3 is 0 Å². The molecule has 0 N–H and O–H groups in total. The maximum Gasteiger partial charge on any atom is 0.263 e. The lowest BCUT2D eigenvalue weighted by molar-refractivity contribution is 0.0766. The molecule has 0 atom stereocenters. The van der Waals surface area contributed by atoms with E-state index in [-0.39, 0.29) is 5.91 Å². The Morgan fingerprint density at radius 2 is 2.13 bits per heavy atom. The van der Waals surface area contributed by atoms with Gasteiger partial charge < -0.3 is 9.64 Å². The number of methoxy groups -OCH3 is 1. The van der Waals surface area contributed by atoms with Crippen molar-refractivity contribution < 1.29 is 9.53 Å². The molecule has 1 saturated heterocycles. The van der Waals surface area contributed by atoms with Gasteiger partial charge in [0.25, 0.3) is 5.91 Å². The average molecular weight is 332 g/mol. The van der Waals surface area contributed by atoms with Gasteiger partial charge in [-0.2, -0.15) is 5.10 Å². The highest BCUT2D eigenvalue weighted by Crippen LogP contribution is 2.15. The summed E-state index contributed by atoms with van der Waals surface area (Å²) in [4.78, 5) is 17.5. The quantitative estimate of drug-likeness (QED) is 0.856. The fourth-order valence-electron chi connectivity index (χ4n) is 2.66. The van der Waals surface area contributed by atoms with E-state index in [2.05, 4.69) is 15.1 Å². The third kappa shape index (κ3) is 4.05. The first-order chi connectivity index (χ1) is 11.3. The number of aromatic nitrogens is 2. The van der Waals surface area contributed by atoms with Crippen molar-refractivity contribution in [2.45, 2.75) is 13.0 Å². The molecule has 3 heterocycles. The van der Waals surface area contributed by atoms with Crippen molar-refractivity contribution in [2.75, 3.05) is 33.3 Å². The van der Waals surface area contributed by atoms with E-state index in [0.717, 1.165) is 49.7 Å². The smallest absolute Gasteiger partial charge is 0.263 e. The van der Waals surface area contributed by atoms with Crippen LogP contribution in [0, 0.1) is 0 Å². The van der Waals surface area contributed by atoms with Crippen molar-refractivity contribution >= 4 is 17.2 Å². The van der Waals surface area contributed by atoms with Gasteiger partial charge in [0.2, 0.25) is 5.88 Å². The highest BCUT2D eigenvalue weighted by Gasteiger charge is 2.21. The van der Waals surface area contributed by atoms with E-state index in [9.17, 15) is 4.79 Å². The Hall–Kier alpha value is -1.99. The van der Waals surface area contributed by atoms with E-state index in [1.54, 1.807) is 7.11 Å². The van der Waals surface area contributed by atoms with Crippen LogP contribution in [0.4, 0.5) is 0 Å². The lowest BCUT2D eigenvalue weighted by atomic mass is 10.3. The molecule has 1 aliphatic heterocycles. The number of amides is 1. The minimum absolute atomic E-state index is 0.145. The molecule has 0 unspecified atom stereocenters. The zero-order valence-electron chi connectivity index (χ0n) is 13.1. The van der Waals surface area contributed by atoms with Crippen LogP contribution in [-0.2, 0) is 6.54 Å². The molecule has 0 radical (unpaired) electrons. The van der Waals surface area contributed by atoms with Crippen molar-refractivity contribution in [2.24, 2.45) is 0 Å². The maximum absolute atomic E-state index is 12.4. The number of thiophene rings is 1. The molecule has 122 valence electrons. The third-order valence-electron chi connectivity index (χ3n) is 3.90. The van der Waals surface area contributed by atoms with Crippen LogP contribution >= 0.6 is 11.3 Å². The normalized spacial score (nSPS) is 16.1. The Balaban J connectivity index is 1.56. The molecule has 2 aromatic rings. The molecule has 23 heavy (non-hydrogen) atoms. The van der Waals surface area contributed by atoms with Gasteiger partial charge in [-0.15, -0.1) is 16.4 Å². The SMILES string of the molecule is COc1ccc(CN2CCCN(C(=O)c3cccs3)CC2)nn1. The van der Waals surface area contributed by atoms with Gasteiger partial charge in [0.15, 0.2) is 0 Å². The first kappa shape index (κ1) is 15.9. The number of ether oxygens (including phenoxy) is 1. The summed E-state index contributed by atoms with van der Waals surface area (Å²) in [6.07, 6.45) is 0.973. The summed E-state index contributed by atoms with van der Waals surface area (Å²) >= 11 is 1.50. The van der Waals surface area contributed by atoms with Crippen LogP contribution in [0.15, 0.2) is 29.6 Å². The van der Waals surface area contributed by atoms with Crippen LogP contribution in [0.1, 0.15) is 21.8 Å². The summed E-state index contributed by atoms with van der Waals surface area (Å²) in [5.74, 6) is 0.670. The number of carbonyl (C=O) groups is 1. The van der Waals surface area contributed by atoms with Gasteiger partial charge in [-0.05, 0) is 23.9 Å². The predicted molar refractivity (Wildman–Crippen MR) is 88.7 cm³/mol. The maximum atomic E-state index is 12.4. The van der Waals surface area contributed by atoms with Crippen molar-refractivity contribution in [1.82, 2.24) is 20.0 Å². The Bertz CT molecular complexity index is 630. The van der Waals surface area contributed by atoms with E-state index in [4.69, 9.17) is 4.74 Å². The molecule has 0 aliphatic carbocycles. The van der Waals surface area contributed by atoms with Crippen molar-refractivity contribution in [3.8, 4) is 5.88 Å². The molecule has 0 spiro atoms. The molecule has 7 heteroatoms. The first-order valence-corrected chi connectivity index (χ1v) is 8.56. The second-order valence-electron chi connectivity index (χ2n) is 5.47.